The molecule has 2 aliphatic rings. The fraction of sp³-hybridized carbons (Fsp3) is 0.250. The molecule has 0 aliphatic carbocycles. The highest BCUT2D eigenvalue weighted by Crippen LogP contribution is 2.49. The second-order valence-corrected chi connectivity index (χ2v) is 8.51. The second-order valence-electron chi connectivity index (χ2n) is 7.42. The molecule has 136 valence electrons. The van der Waals surface area contributed by atoms with Crippen LogP contribution in [-0.2, 0) is 6.54 Å². The number of anilines is 2. The third-order valence-corrected chi connectivity index (χ3v) is 6.69. The van der Waals surface area contributed by atoms with E-state index in [1.807, 2.05) is 11.8 Å². The predicted molar refractivity (Wildman–Crippen MR) is 114 cm³/mol. The summed E-state index contributed by atoms with van der Waals surface area (Å²) < 4.78 is 0. The van der Waals surface area contributed by atoms with Gasteiger partial charge in [-0.1, -0.05) is 66.4 Å². The topological polar surface area (TPSA) is 6.48 Å². The van der Waals surface area contributed by atoms with Crippen molar-refractivity contribution in [3.05, 3.63) is 84.4 Å². The lowest BCUT2D eigenvalue weighted by atomic mass is 10.0. The molecule has 27 heavy (non-hydrogen) atoms. The maximum absolute atomic E-state index is 2.62. The quantitative estimate of drug-likeness (QED) is 0.560. The van der Waals surface area contributed by atoms with E-state index in [1.165, 1.54) is 46.1 Å². The van der Waals surface area contributed by atoms with Crippen LogP contribution in [0.2, 0.25) is 0 Å². The SMILES string of the molecule is c1ccc(CN2CCCC(N3c4ccccc4Sc4ccccc43)C2)cc1. The largest absolute Gasteiger partial charge is 0.335 e. The Labute approximate surface area is 165 Å². The summed E-state index contributed by atoms with van der Waals surface area (Å²) in [6, 6.07) is 29.1. The van der Waals surface area contributed by atoms with E-state index in [0.717, 1.165) is 13.1 Å². The Balaban J connectivity index is 1.45. The summed E-state index contributed by atoms with van der Waals surface area (Å²) in [6.45, 7) is 3.35. The molecular formula is C24H24N2S. The lowest BCUT2D eigenvalue weighted by Gasteiger charge is -2.43. The number of piperidine rings is 1. The second kappa shape index (κ2) is 7.41. The summed E-state index contributed by atoms with van der Waals surface area (Å²) in [4.78, 5) is 7.97. The van der Waals surface area contributed by atoms with E-state index in [-0.39, 0.29) is 0 Å². The molecule has 5 rings (SSSR count). The molecule has 1 atom stereocenters. The first kappa shape index (κ1) is 16.9. The van der Waals surface area contributed by atoms with E-state index < -0.39 is 0 Å². The fourth-order valence-corrected chi connectivity index (χ4v) is 5.43. The minimum atomic E-state index is 0.519. The standard InChI is InChI=1S/C24H24N2S/c1-2-9-19(10-3-1)17-25-16-8-11-20(18-25)26-21-12-4-6-14-23(21)27-24-15-7-5-13-22(24)26/h1-7,9-10,12-15,20H,8,11,16-18H2. The molecule has 0 spiro atoms. The molecule has 1 fully saturated rings. The molecule has 3 heteroatoms. The van der Waals surface area contributed by atoms with Crippen molar-refractivity contribution < 1.29 is 0 Å². The van der Waals surface area contributed by atoms with Crippen molar-refractivity contribution in [1.29, 1.82) is 0 Å². The average molecular weight is 373 g/mol. The van der Waals surface area contributed by atoms with Gasteiger partial charge in [0.2, 0.25) is 0 Å². The zero-order valence-electron chi connectivity index (χ0n) is 15.4. The molecular weight excluding hydrogens is 348 g/mol. The first-order valence-electron chi connectivity index (χ1n) is 9.80. The number of likely N-dealkylation sites (tertiary alicyclic amines) is 1. The summed E-state index contributed by atoms with van der Waals surface area (Å²) in [7, 11) is 0. The smallest absolute Gasteiger partial charge is 0.0555 e. The highest BCUT2D eigenvalue weighted by molar-refractivity contribution is 7.99. The van der Waals surface area contributed by atoms with Crippen LogP contribution in [0, 0.1) is 0 Å². The van der Waals surface area contributed by atoms with Gasteiger partial charge in [-0.25, -0.2) is 0 Å². The number of para-hydroxylation sites is 2. The number of fused-ring (bicyclic) bond motifs is 2. The third-order valence-electron chi connectivity index (χ3n) is 5.56. The minimum Gasteiger partial charge on any atom is -0.335 e. The van der Waals surface area contributed by atoms with Crippen molar-refractivity contribution in [2.75, 3.05) is 18.0 Å². The van der Waals surface area contributed by atoms with Gasteiger partial charge in [-0.3, -0.25) is 4.90 Å². The third kappa shape index (κ3) is 3.38. The highest BCUT2D eigenvalue weighted by atomic mass is 32.2. The van der Waals surface area contributed by atoms with E-state index >= 15 is 0 Å². The Morgan fingerprint density at radius 2 is 1.41 bits per heavy atom. The summed E-state index contributed by atoms with van der Waals surface area (Å²) >= 11 is 1.90. The lowest BCUT2D eigenvalue weighted by Crippen LogP contribution is -2.46. The van der Waals surface area contributed by atoms with E-state index in [0.29, 0.717) is 6.04 Å². The van der Waals surface area contributed by atoms with Gasteiger partial charge < -0.3 is 4.90 Å². The highest BCUT2D eigenvalue weighted by Gasteiger charge is 2.31. The van der Waals surface area contributed by atoms with Crippen LogP contribution in [0.1, 0.15) is 18.4 Å². The zero-order chi connectivity index (χ0) is 18.1. The summed E-state index contributed by atoms with van der Waals surface area (Å²) in [6.07, 6.45) is 2.50. The van der Waals surface area contributed by atoms with Gasteiger partial charge in [-0.2, -0.15) is 0 Å². The molecule has 1 unspecified atom stereocenters. The van der Waals surface area contributed by atoms with Gasteiger partial charge >= 0.3 is 0 Å². The van der Waals surface area contributed by atoms with Gasteiger partial charge in [0, 0.05) is 28.9 Å². The van der Waals surface area contributed by atoms with Crippen LogP contribution in [0.4, 0.5) is 11.4 Å². The Kier molecular flexibility index (Phi) is 4.64. The van der Waals surface area contributed by atoms with Crippen LogP contribution >= 0.6 is 11.8 Å². The first-order chi connectivity index (χ1) is 13.4. The fourth-order valence-electron chi connectivity index (χ4n) is 4.35. The Bertz CT molecular complexity index is 879. The maximum Gasteiger partial charge on any atom is 0.0555 e. The number of hydrogen-bond acceptors (Lipinski definition) is 3. The first-order valence-corrected chi connectivity index (χ1v) is 10.6. The van der Waals surface area contributed by atoms with Crippen LogP contribution in [0.5, 0.6) is 0 Å². The maximum atomic E-state index is 2.62. The molecule has 2 aliphatic heterocycles. The predicted octanol–water partition coefficient (Wildman–Crippen LogP) is 5.95. The zero-order valence-corrected chi connectivity index (χ0v) is 16.2. The number of hydrogen-bond donors (Lipinski definition) is 0. The van der Waals surface area contributed by atoms with Gasteiger partial charge in [0.1, 0.15) is 0 Å². The van der Waals surface area contributed by atoms with Crippen molar-refractivity contribution in [3.63, 3.8) is 0 Å². The van der Waals surface area contributed by atoms with E-state index in [4.69, 9.17) is 0 Å². The molecule has 3 aromatic rings. The summed E-state index contributed by atoms with van der Waals surface area (Å²) in [5.41, 5.74) is 4.15. The normalized spacial score (nSPS) is 19.4. The molecule has 2 nitrogen and oxygen atoms in total. The monoisotopic (exact) mass is 372 g/mol. The molecule has 0 bridgehead atoms. The van der Waals surface area contributed by atoms with Crippen molar-refractivity contribution in [3.8, 4) is 0 Å². The Hall–Kier alpha value is -2.23. The van der Waals surface area contributed by atoms with Crippen molar-refractivity contribution in [2.24, 2.45) is 0 Å². The average Bonchev–Trinajstić information content (AvgIpc) is 2.73. The van der Waals surface area contributed by atoms with Crippen molar-refractivity contribution in [2.45, 2.75) is 35.2 Å². The van der Waals surface area contributed by atoms with Gasteiger partial charge in [0.25, 0.3) is 0 Å². The molecule has 3 aromatic carbocycles. The van der Waals surface area contributed by atoms with Crippen LogP contribution < -0.4 is 4.90 Å². The summed E-state index contributed by atoms with van der Waals surface area (Å²) in [5.74, 6) is 0. The van der Waals surface area contributed by atoms with Gasteiger partial charge in [-0.15, -0.1) is 0 Å². The molecule has 0 amide bonds. The van der Waals surface area contributed by atoms with E-state index in [9.17, 15) is 0 Å². The van der Waals surface area contributed by atoms with Gasteiger partial charge in [-0.05, 0) is 49.2 Å². The van der Waals surface area contributed by atoms with Gasteiger partial charge in [0.15, 0.2) is 0 Å². The number of nitrogens with zero attached hydrogens (tertiary/aromatic N) is 2. The minimum absolute atomic E-state index is 0.519. The number of rotatable bonds is 3. The van der Waals surface area contributed by atoms with Crippen LogP contribution in [-0.4, -0.2) is 24.0 Å². The van der Waals surface area contributed by atoms with Gasteiger partial charge in [0.05, 0.1) is 11.4 Å². The molecule has 0 radical (unpaired) electrons. The molecule has 1 saturated heterocycles. The molecule has 0 aromatic heterocycles. The van der Waals surface area contributed by atoms with Crippen molar-refractivity contribution in [1.82, 2.24) is 4.90 Å². The number of benzene rings is 3. The Morgan fingerprint density at radius 3 is 2.11 bits per heavy atom. The van der Waals surface area contributed by atoms with E-state index in [2.05, 4.69) is 88.7 Å². The van der Waals surface area contributed by atoms with Crippen LogP contribution in [0.15, 0.2) is 88.7 Å². The van der Waals surface area contributed by atoms with Crippen molar-refractivity contribution >= 4 is 23.1 Å². The molecule has 0 N–H and O–H groups in total. The van der Waals surface area contributed by atoms with Crippen LogP contribution in [0.25, 0.3) is 0 Å². The molecule has 2 heterocycles. The summed E-state index contributed by atoms with van der Waals surface area (Å²) in [5, 5.41) is 0. The lowest BCUT2D eigenvalue weighted by molar-refractivity contribution is 0.200. The van der Waals surface area contributed by atoms with E-state index in [1.54, 1.807) is 0 Å². The Morgan fingerprint density at radius 1 is 0.778 bits per heavy atom. The van der Waals surface area contributed by atoms with Crippen LogP contribution in [0.3, 0.4) is 0 Å². The molecule has 0 saturated carbocycles.